The van der Waals surface area contributed by atoms with Gasteiger partial charge >= 0.3 is 5.69 Å². The topological polar surface area (TPSA) is 72.2 Å². The lowest BCUT2D eigenvalue weighted by atomic mass is 9.97. The maximum absolute atomic E-state index is 12.8. The molecule has 3 heterocycles. The lowest BCUT2D eigenvalue weighted by Crippen LogP contribution is -2.28. The average molecular weight is 422 g/mol. The van der Waals surface area contributed by atoms with Crippen LogP contribution in [-0.2, 0) is 24.9 Å². The molecule has 1 saturated heterocycles. The van der Waals surface area contributed by atoms with Crippen LogP contribution >= 0.6 is 0 Å². The summed E-state index contributed by atoms with van der Waals surface area (Å²) in [7, 11) is 1.78. The number of rotatable bonds is 4. The van der Waals surface area contributed by atoms with E-state index >= 15 is 0 Å². The predicted octanol–water partition coefficient (Wildman–Crippen LogP) is 2.77. The van der Waals surface area contributed by atoms with Crippen LogP contribution in [0.25, 0.3) is 22.4 Å². The van der Waals surface area contributed by atoms with Crippen molar-refractivity contribution in [3.8, 4) is 11.3 Å². The van der Waals surface area contributed by atoms with Crippen LogP contribution in [0.4, 0.5) is 0 Å². The summed E-state index contributed by atoms with van der Waals surface area (Å²) in [6, 6.07) is 12.4. The molecular weight excluding hydrogens is 390 g/mol. The van der Waals surface area contributed by atoms with Crippen molar-refractivity contribution in [2.24, 2.45) is 12.5 Å². The molecule has 1 aliphatic rings. The molecule has 0 atom stereocenters. The first kappa shape index (κ1) is 21.3. The number of hydrogen-bond donors (Lipinski definition) is 1. The van der Waals surface area contributed by atoms with Crippen molar-refractivity contribution in [2.75, 3.05) is 19.6 Å². The Kier molecular flexibility index (Phi) is 5.71. The zero-order valence-corrected chi connectivity index (χ0v) is 18.8. The highest BCUT2D eigenvalue weighted by Crippen LogP contribution is 2.24. The number of nitrogens with one attached hydrogen (secondary N) is 1. The second-order valence-corrected chi connectivity index (χ2v) is 9.60. The normalized spacial score (nSPS) is 15.8. The van der Waals surface area contributed by atoms with Crippen molar-refractivity contribution in [1.29, 1.82) is 0 Å². The average Bonchev–Trinajstić information content (AvgIpc) is 2.86. The van der Waals surface area contributed by atoms with Gasteiger partial charge in [-0.05, 0) is 29.2 Å². The molecule has 1 amide bonds. The summed E-state index contributed by atoms with van der Waals surface area (Å²) in [5, 5.41) is 2.92. The van der Waals surface area contributed by atoms with Gasteiger partial charge in [0.05, 0.1) is 11.2 Å². The van der Waals surface area contributed by atoms with Gasteiger partial charge in [0.25, 0.3) is 0 Å². The van der Waals surface area contributed by atoms with E-state index in [-0.39, 0.29) is 17.0 Å². The first-order valence-electron chi connectivity index (χ1n) is 10.9. The summed E-state index contributed by atoms with van der Waals surface area (Å²) in [6.07, 6.45) is 0.539. The van der Waals surface area contributed by atoms with E-state index in [1.165, 1.54) is 5.56 Å². The first-order chi connectivity index (χ1) is 14.7. The molecule has 0 aliphatic carbocycles. The molecule has 31 heavy (non-hydrogen) atoms. The van der Waals surface area contributed by atoms with Gasteiger partial charge in [-0.2, -0.15) is 0 Å². The van der Waals surface area contributed by atoms with E-state index in [4.69, 9.17) is 4.98 Å². The predicted molar refractivity (Wildman–Crippen MR) is 123 cm³/mol. The smallest absolute Gasteiger partial charge is 0.330 e. The fraction of sp³-hybridized carbons (Fsp3) is 0.458. The van der Waals surface area contributed by atoms with Crippen LogP contribution in [0.5, 0.6) is 0 Å². The van der Waals surface area contributed by atoms with E-state index in [2.05, 4.69) is 49.2 Å². The summed E-state index contributed by atoms with van der Waals surface area (Å²) >= 11 is 0. The Morgan fingerprint density at radius 2 is 1.90 bits per heavy atom. The number of carbonyl (C=O) groups is 1. The van der Waals surface area contributed by atoms with E-state index < -0.39 is 0 Å². The fourth-order valence-electron chi connectivity index (χ4n) is 4.12. The van der Waals surface area contributed by atoms with Gasteiger partial charge in [0.15, 0.2) is 5.65 Å². The van der Waals surface area contributed by atoms with Crippen molar-refractivity contribution in [3.05, 3.63) is 52.4 Å². The minimum atomic E-state index is -0.0346. The molecule has 7 nitrogen and oxygen atoms in total. The monoisotopic (exact) mass is 421 g/mol. The van der Waals surface area contributed by atoms with Crippen LogP contribution in [0, 0.1) is 5.41 Å². The molecule has 2 aromatic heterocycles. The maximum atomic E-state index is 12.8. The van der Waals surface area contributed by atoms with Crippen molar-refractivity contribution >= 4 is 17.1 Å². The lowest BCUT2D eigenvalue weighted by molar-refractivity contribution is -0.120. The Balaban J connectivity index is 1.63. The van der Waals surface area contributed by atoms with Crippen LogP contribution in [-0.4, -0.2) is 44.6 Å². The molecule has 0 bridgehead atoms. The summed E-state index contributed by atoms with van der Waals surface area (Å²) in [4.78, 5) is 31.5. The van der Waals surface area contributed by atoms with Crippen LogP contribution < -0.4 is 11.0 Å². The summed E-state index contributed by atoms with van der Waals surface area (Å²) in [6.45, 7) is 10.1. The third-order valence-corrected chi connectivity index (χ3v) is 5.65. The van der Waals surface area contributed by atoms with Gasteiger partial charge in [0.1, 0.15) is 0 Å². The molecule has 1 aliphatic heterocycles. The van der Waals surface area contributed by atoms with Gasteiger partial charge in [-0.1, -0.05) is 39.0 Å². The molecule has 1 N–H and O–H groups in total. The highest BCUT2D eigenvalue weighted by Gasteiger charge is 2.19. The largest absolute Gasteiger partial charge is 0.355 e. The zero-order valence-electron chi connectivity index (χ0n) is 18.8. The molecular formula is C24H31N5O2. The first-order valence-corrected chi connectivity index (χ1v) is 10.9. The second kappa shape index (κ2) is 8.30. The van der Waals surface area contributed by atoms with Crippen molar-refractivity contribution in [3.63, 3.8) is 0 Å². The number of hydrogen-bond acceptors (Lipinski definition) is 4. The van der Waals surface area contributed by atoms with Gasteiger partial charge in [-0.3, -0.25) is 18.8 Å². The molecule has 1 fully saturated rings. The minimum Gasteiger partial charge on any atom is -0.355 e. The van der Waals surface area contributed by atoms with E-state index in [1.54, 1.807) is 11.6 Å². The van der Waals surface area contributed by atoms with Gasteiger partial charge < -0.3 is 5.32 Å². The third kappa shape index (κ3) is 4.71. The Labute approximate surface area is 182 Å². The molecule has 7 heteroatoms. The lowest BCUT2D eigenvalue weighted by Gasteiger charge is -2.19. The fourth-order valence-corrected chi connectivity index (χ4v) is 4.12. The van der Waals surface area contributed by atoms with Crippen LogP contribution in [0.2, 0.25) is 0 Å². The summed E-state index contributed by atoms with van der Waals surface area (Å²) in [5.41, 5.74) is 4.60. The molecule has 164 valence electrons. The van der Waals surface area contributed by atoms with Gasteiger partial charge in [-0.15, -0.1) is 0 Å². The molecule has 0 radical (unpaired) electrons. The number of benzene rings is 1. The van der Waals surface area contributed by atoms with E-state index in [0.717, 1.165) is 36.4 Å². The Morgan fingerprint density at radius 3 is 2.68 bits per heavy atom. The van der Waals surface area contributed by atoms with E-state index in [9.17, 15) is 9.59 Å². The summed E-state index contributed by atoms with van der Waals surface area (Å²) < 4.78 is 3.45. The number of pyridine rings is 1. The molecule has 3 aromatic rings. The van der Waals surface area contributed by atoms with Crippen molar-refractivity contribution in [2.45, 2.75) is 40.3 Å². The number of nitrogens with zero attached hydrogens (tertiary/aromatic N) is 4. The Morgan fingerprint density at radius 1 is 1.10 bits per heavy atom. The van der Waals surface area contributed by atoms with Crippen LogP contribution in [0.1, 0.15) is 32.8 Å². The highest BCUT2D eigenvalue weighted by molar-refractivity contribution is 5.77. The SMILES string of the molecule is Cn1c(=O)n(CC(C)(C)C)c2ccc(-c3cccc(CN4CCNC(=O)CC4)c3)nc21. The van der Waals surface area contributed by atoms with Crippen molar-refractivity contribution < 1.29 is 4.79 Å². The summed E-state index contributed by atoms with van der Waals surface area (Å²) in [5.74, 6) is 0.123. The zero-order chi connectivity index (χ0) is 22.2. The van der Waals surface area contributed by atoms with Gasteiger partial charge in [0, 0.05) is 51.8 Å². The second-order valence-electron chi connectivity index (χ2n) is 9.60. The number of amides is 1. The number of fused-ring (bicyclic) bond motifs is 1. The number of aromatic nitrogens is 3. The molecule has 4 rings (SSSR count). The Hall–Kier alpha value is -2.93. The number of aryl methyl sites for hydroxylation is 1. The quantitative estimate of drug-likeness (QED) is 0.703. The Bertz CT molecular complexity index is 1170. The molecule has 0 spiro atoms. The van der Waals surface area contributed by atoms with Crippen LogP contribution in [0.15, 0.2) is 41.2 Å². The van der Waals surface area contributed by atoms with Gasteiger partial charge in [-0.25, -0.2) is 9.78 Å². The minimum absolute atomic E-state index is 0.00141. The maximum Gasteiger partial charge on any atom is 0.330 e. The molecule has 0 unspecified atom stereocenters. The van der Waals surface area contributed by atoms with Gasteiger partial charge in [0.2, 0.25) is 5.91 Å². The standard InChI is InChI=1S/C24H31N5O2/c1-24(2,3)16-29-20-9-8-19(26-22(20)27(4)23(29)31)18-7-5-6-17(14-18)15-28-12-10-21(30)25-11-13-28/h5-9,14H,10-13,15-16H2,1-4H3,(H,25,30). The third-order valence-electron chi connectivity index (χ3n) is 5.65. The van der Waals surface area contributed by atoms with Crippen molar-refractivity contribution in [1.82, 2.24) is 24.3 Å². The number of imidazole rings is 1. The van der Waals surface area contributed by atoms with Crippen LogP contribution in [0.3, 0.4) is 0 Å². The molecule has 0 saturated carbocycles. The van der Waals surface area contributed by atoms with E-state index in [0.29, 0.717) is 25.2 Å². The number of carbonyl (C=O) groups excluding carboxylic acids is 1. The highest BCUT2D eigenvalue weighted by atomic mass is 16.2. The van der Waals surface area contributed by atoms with E-state index in [1.807, 2.05) is 22.8 Å². The molecule has 1 aromatic carbocycles.